The highest BCUT2D eigenvalue weighted by Gasteiger charge is 2.38. The molecule has 2 saturated heterocycles. The van der Waals surface area contributed by atoms with Crippen molar-refractivity contribution in [1.29, 1.82) is 0 Å². The van der Waals surface area contributed by atoms with Crippen LogP contribution in [0.3, 0.4) is 0 Å². The van der Waals surface area contributed by atoms with Gasteiger partial charge in [0.05, 0.1) is 25.1 Å². The molecule has 0 spiro atoms. The Balaban J connectivity index is 1.66. The summed E-state index contributed by atoms with van der Waals surface area (Å²) in [5.74, 6) is 0.661. The molecule has 8 nitrogen and oxygen atoms in total. The number of hydrogen-bond donors (Lipinski definition) is 1. The molecule has 3 aliphatic rings. The summed E-state index contributed by atoms with van der Waals surface area (Å²) in [6.45, 7) is 7.64. The number of thiophene rings is 1. The van der Waals surface area contributed by atoms with Crippen molar-refractivity contribution in [3.8, 4) is 0 Å². The topological polar surface area (TPSA) is 85.6 Å². The van der Waals surface area contributed by atoms with Crippen LogP contribution in [0.15, 0.2) is 9.59 Å². The molecule has 2 amide bonds. The van der Waals surface area contributed by atoms with Gasteiger partial charge in [-0.1, -0.05) is 6.92 Å². The summed E-state index contributed by atoms with van der Waals surface area (Å²) in [4.78, 5) is 41.9. The zero-order valence-electron chi connectivity index (χ0n) is 16.1. The van der Waals surface area contributed by atoms with Crippen LogP contribution >= 0.6 is 11.3 Å². The Morgan fingerprint density at radius 2 is 2.00 bits per heavy atom. The second-order valence-electron chi connectivity index (χ2n) is 8.24. The van der Waals surface area contributed by atoms with Gasteiger partial charge in [0.25, 0.3) is 5.56 Å². The quantitative estimate of drug-likeness (QED) is 0.814. The molecule has 1 unspecified atom stereocenters. The van der Waals surface area contributed by atoms with Crippen LogP contribution in [-0.4, -0.2) is 46.4 Å². The number of aromatic nitrogens is 2. The third-order valence-electron chi connectivity index (χ3n) is 6.17. The molecule has 0 radical (unpaired) electrons. The molecular weight excluding hydrogens is 380 g/mol. The fourth-order valence-electron chi connectivity index (χ4n) is 4.16. The Bertz CT molecular complexity index is 1080. The Morgan fingerprint density at radius 1 is 1.25 bits per heavy atom. The SMILES string of the molecule is Cc1c(CN2CCNC2=O)sc2c1c(=O)n(C1C[C@@H]1C)c(=O)n2CC1COC1. The van der Waals surface area contributed by atoms with Gasteiger partial charge in [-0.2, -0.15) is 0 Å². The second-order valence-corrected chi connectivity index (χ2v) is 9.32. The summed E-state index contributed by atoms with van der Waals surface area (Å²) in [7, 11) is 0. The number of amides is 2. The van der Waals surface area contributed by atoms with Crippen LogP contribution < -0.4 is 16.6 Å². The van der Waals surface area contributed by atoms with Gasteiger partial charge in [0, 0.05) is 36.5 Å². The molecule has 150 valence electrons. The Kier molecular flexibility index (Phi) is 4.13. The lowest BCUT2D eigenvalue weighted by Crippen LogP contribution is -2.43. The van der Waals surface area contributed by atoms with Crippen LogP contribution in [-0.2, 0) is 17.8 Å². The lowest BCUT2D eigenvalue weighted by atomic mass is 10.1. The van der Waals surface area contributed by atoms with Crippen molar-refractivity contribution in [3.05, 3.63) is 31.3 Å². The van der Waals surface area contributed by atoms with Gasteiger partial charge < -0.3 is 15.0 Å². The van der Waals surface area contributed by atoms with Crippen molar-refractivity contribution in [2.45, 2.75) is 39.4 Å². The van der Waals surface area contributed by atoms with E-state index in [9.17, 15) is 14.4 Å². The summed E-state index contributed by atoms with van der Waals surface area (Å²) < 4.78 is 8.54. The number of fused-ring (bicyclic) bond motifs is 1. The number of ether oxygens (including phenoxy) is 1. The molecule has 9 heteroatoms. The third kappa shape index (κ3) is 2.71. The molecule has 0 bridgehead atoms. The maximum absolute atomic E-state index is 13.3. The molecule has 4 heterocycles. The van der Waals surface area contributed by atoms with Gasteiger partial charge >= 0.3 is 11.7 Å². The van der Waals surface area contributed by atoms with E-state index in [1.807, 2.05) is 6.92 Å². The maximum Gasteiger partial charge on any atom is 0.332 e. The van der Waals surface area contributed by atoms with Crippen LogP contribution in [0.2, 0.25) is 0 Å². The first-order chi connectivity index (χ1) is 13.5. The van der Waals surface area contributed by atoms with E-state index in [-0.39, 0.29) is 23.3 Å². The zero-order valence-corrected chi connectivity index (χ0v) is 16.9. The van der Waals surface area contributed by atoms with Crippen molar-refractivity contribution < 1.29 is 9.53 Å². The van der Waals surface area contributed by atoms with Crippen LogP contribution in [0.5, 0.6) is 0 Å². The van der Waals surface area contributed by atoms with E-state index in [0.717, 1.165) is 21.7 Å². The van der Waals surface area contributed by atoms with Gasteiger partial charge in [0.2, 0.25) is 0 Å². The number of nitrogens with zero attached hydrogens (tertiary/aromatic N) is 3. The van der Waals surface area contributed by atoms with Gasteiger partial charge in [-0.25, -0.2) is 9.59 Å². The van der Waals surface area contributed by atoms with Gasteiger partial charge in [0.15, 0.2) is 0 Å². The molecule has 1 saturated carbocycles. The van der Waals surface area contributed by atoms with Crippen molar-refractivity contribution in [1.82, 2.24) is 19.4 Å². The maximum atomic E-state index is 13.3. The monoisotopic (exact) mass is 404 g/mol. The fourth-order valence-corrected chi connectivity index (χ4v) is 5.47. The second kappa shape index (κ2) is 6.45. The molecule has 1 aliphatic carbocycles. The summed E-state index contributed by atoms with van der Waals surface area (Å²) in [5.41, 5.74) is 0.511. The van der Waals surface area contributed by atoms with Crippen LogP contribution in [0.1, 0.15) is 29.8 Å². The first-order valence-corrected chi connectivity index (χ1v) is 10.6. The summed E-state index contributed by atoms with van der Waals surface area (Å²) >= 11 is 1.47. The number of carbonyl (C=O) groups is 1. The van der Waals surface area contributed by atoms with E-state index >= 15 is 0 Å². The van der Waals surface area contributed by atoms with Gasteiger partial charge in [-0.15, -0.1) is 11.3 Å². The Labute approximate surface area is 165 Å². The van der Waals surface area contributed by atoms with Crippen molar-refractivity contribution in [2.75, 3.05) is 26.3 Å². The minimum Gasteiger partial charge on any atom is -0.381 e. The highest BCUT2D eigenvalue weighted by molar-refractivity contribution is 7.18. The largest absolute Gasteiger partial charge is 0.381 e. The number of nitrogens with one attached hydrogen (secondary N) is 1. The van der Waals surface area contributed by atoms with Crippen molar-refractivity contribution >= 4 is 27.6 Å². The summed E-state index contributed by atoms with van der Waals surface area (Å²) in [6.07, 6.45) is 0.872. The molecular formula is C19H24N4O4S. The molecule has 2 aromatic heterocycles. The highest BCUT2D eigenvalue weighted by Crippen LogP contribution is 2.41. The number of aryl methyl sites for hydroxylation is 1. The van der Waals surface area contributed by atoms with E-state index < -0.39 is 0 Å². The average Bonchev–Trinajstić information content (AvgIpc) is 3.03. The molecule has 2 aliphatic heterocycles. The van der Waals surface area contributed by atoms with Gasteiger partial charge in [-0.05, 0) is 24.8 Å². The molecule has 3 fully saturated rings. The number of carbonyl (C=O) groups excluding carboxylic acids is 1. The standard InChI is InChI=1S/C19H24N4O4S/c1-10-5-13(10)23-16(24)15-11(2)14(7-21-4-3-20-18(21)25)28-17(15)22(19(23)26)6-12-8-27-9-12/h10,12-13H,3-9H2,1-2H3,(H,20,25)/t10-,13?/m0/s1. The summed E-state index contributed by atoms with van der Waals surface area (Å²) in [5, 5.41) is 3.45. The van der Waals surface area contributed by atoms with E-state index in [1.165, 1.54) is 15.9 Å². The molecule has 5 rings (SSSR count). The predicted molar refractivity (Wildman–Crippen MR) is 106 cm³/mol. The Hall–Kier alpha value is -2.13. The number of rotatable bonds is 5. The van der Waals surface area contributed by atoms with Crippen LogP contribution in [0, 0.1) is 18.8 Å². The first kappa shape index (κ1) is 17.9. The Morgan fingerprint density at radius 3 is 2.57 bits per heavy atom. The van der Waals surface area contributed by atoms with E-state index in [1.54, 1.807) is 9.47 Å². The third-order valence-corrected chi connectivity index (χ3v) is 7.47. The number of hydrogen-bond acceptors (Lipinski definition) is 5. The molecule has 0 aromatic carbocycles. The van der Waals surface area contributed by atoms with Gasteiger partial charge in [0.1, 0.15) is 4.83 Å². The lowest BCUT2D eigenvalue weighted by Gasteiger charge is -2.27. The first-order valence-electron chi connectivity index (χ1n) is 9.83. The molecule has 2 aromatic rings. The minimum absolute atomic E-state index is 0.000371. The highest BCUT2D eigenvalue weighted by atomic mass is 32.1. The van der Waals surface area contributed by atoms with E-state index in [2.05, 4.69) is 12.2 Å². The molecule has 1 N–H and O–H groups in total. The van der Waals surface area contributed by atoms with Crippen molar-refractivity contribution in [3.63, 3.8) is 0 Å². The average molecular weight is 404 g/mol. The summed E-state index contributed by atoms with van der Waals surface area (Å²) in [6, 6.07) is -0.0783. The number of urea groups is 1. The zero-order chi connectivity index (χ0) is 19.6. The fraction of sp³-hybridized carbons (Fsp3) is 0.632. The minimum atomic E-state index is -0.203. The molecule has 28 heavy (non-hydrogen) atoms. The van der Waals surface area contributed by atoms with Crippen molar-refractivity contribution in [2.24, 2.45) is 11.8 Å². The lowest BCUT2D eigenvalue weighted by molar-refractivity contribution is -0.0394. The smallest absolute Gasteiger partial charge is 0.332 e. The van der Waals surface area contributed by atoms with E-state index in [4.69, 9.17) is 4.74 Å². The molecule has 2 atom stereocenters. The van der Waals surface area contributed by atoms with Gasteiger partial charge in [-0.3, -0.25) is 13.9 Å². The van der Waals surface area contributed by atoms with Crippen LogP contribution in [0.25, 0.3) is 10.2 Å². The van der Waals surface area contributed by atoms with E-state index in [0.29, 0.717) is 56.6 Å². The normalized spacial score (nSPS) is 24.6. The predicted octanol–water partition coefficient (Wildman–Crippen LogP) is 1.29. The van der Waals surface area contributed by atoms with Crippen LogP contribution in [0.4, 0.5) is 4.79 Å².